The molecule has 0 radical (unpaired) electrons. The fourth-order valence-corrected chi connectivity index (χ4v) is 1.75. The SMILES string of the molecule is O=C(Cl)c1cc(-c2ccccc2)ncc1Cl. The van der Waals surface area contributed by atoms with Crippen LogP contribution in [-0.4, -0.2) is 10.2 Å². The largest absolute Gasteiger partial charge is 0.276 e. The highest BCUT2D eigenvalue weighted by molar-refractivity contribution is 6.68. The maximum atomic E-state index is 11.1. The second kappa shape index (κ2) is 4.64. The highest BCUT2D eigenvalue weighted by Crippen LogP contribution is 2.23. The first-order chi connectivity index (χ1) is 7.68. The van der Waals surface area contributed by atoms with Gasteiger partial charge in [-0.05, 0) is 17.7 Å². The van der Waals surface area contributed by atoms with Gasteiger partial charge in [0.1, 0.15) is 0 Å². The van der Waals surface area contributed by atoms with Crippen LogP contribution in [0.15, 0.2) is 42.6 Å². The van der Waals surface area contributed by atoms with E-state index in [9.17, 15) is 4.79 Å². The quantitative estimate of drug-likeness (QED) is 0.761. The molecule has 0 amide bonds. The molecule has 0 fully saturated rings. The van der Waals surface area contributed by atoms with Crippen molar-refractivity contribution in [1.29, 1.82) is 0 Å². The first kappa shape index (κ1) is 11.1. The summed E-state index contributed by atoms with van der Waals surface area (Å²) >= 11 is 11.2. The second-order valence-electron chi connectivity index (χ2n) is 3.19. The van der Waals surface area contributed by atoms with E-state index in [1.165, 1.54) is 6.20 Å². The van der Waals surface area contributed by atoms with Crippen LogP contribution >= 0.6 is 23.2 Å². The van der Waals surface area contributed by atoms with E-state index in [1.54, 1.807) is 6.07 Å². The molecule has 0 saturated heterocycles. The number of halogens is 2. The molecule has 0 atom stereocenters. The zero-order valence-electron chi connectivity index (χ0n) is 8.15. The highest BCUT2D eigenvalue weighted by atomic mass is 35.5. The minimum atomic E-state index is -0.579. The lowest BCUT2D eigenvalue weighted by Gasteiger charge is -2.03. The average Bonchev–Trinajstić information content (AvgIpc) is 2.30. The van der Waals surface area contributed by atoms with Crippen LogP contribution in [0.5, 0.6) is 0 Å². The standard InChI is InChI=1S/C12H7Cl2NO/c13-10-7-15-11(6-9(10)12(14)16)8-4-2-1-3-5-8/h1-7H. The Balaban J connectivity index is 2.52. The van der Waals surface area contributed by atoms with Crippen molar-refractivity contribution >= 4 is 28.4 Å². The van der Waals surface area contributed by atoms with Crippen LogP contribution in [0.4, 0.5) is 0 Å². The molecule has 0 unspecified atom stereocenters. The molecule has 1 aromatic heterocycles. The molecule has 0 aliphatic rings. The smallest absolute Gasteiger partial charge is 0.254 e. The van der Waals surface area contributed by atoms with Crippen LogP contribution in [-0.2, 0) is 0 Å². The summed E-state index contributed by atoms with van der Waals surface area (Å²) in [4.78, 5) is 15.3. The minimum Gasteiger partial charge on any atom is -0.276 e. The maximum Gasteiger partial charge on any atom is 0.254 e. The zero-order valence-corrected chi connectivity index (χ0v) is 9.66. The Morgan fingerprint density at radius 2 is 1.88 bits per heavy atom. The van der Waals surface area contributed by atoms with Gasteiger partial charge in [-0.15, -0.1) is 0 Å². The maximum absolute atomic E-state index is 11.1. The molecule has 16 heavy (non-hydrogen) atoms. The summed E-state index contributed by atoms with van der Waals surface area (Å²) in [7, 11) is 0. The topological polar surface area (TPSA) is 30.0 Å². The number of benzene rings is 1. The van der Waals surface area contributed by atoms with E-state index in [2.05, 4.69) is 4.98 Å². The number of carbonyl (C=O) groups is 1. The Morgan fingerprint density at radius 3 is 2.50 bits per heavy atom. The van der Waals surface area contributed by atoms with Crippen molar-refractivity contribution in [3.63, 3.8) is 0 Å². The van der Waals surface area contributed by atoms with Gasteiger partial charge in [0.05, 0.1) is 16.3 Å². The summed E-state index contributed by atoms with van der Waals surface area (Å²) in [6.07, 6.45) is 1.43. The number of hydrogen-bond donors (Lipinski definition) is 0. The van der Waals surface area contributed by atoms with E-state index in [0.717, 1.165) is 5.56 Å². The molecular formula is C12H7Cl2NO. The molecule has 0 spiro atoms. The van der Waals surface area contributed by atoms with Crippen molar-refractivity contribution in [2.75, 3.05) is 0 Å². The summed E-state index contributed by atoms with van der Waals surface area (Å²) in [6.45, 7) is 0. The van der Waals surface area contributed by atoms with Gasteiger partial charge in [0.2, 0.25) is 0 Å². The first-order valence-corrected chi connectivity index (χ1v) is 5.35. The summed E-state index contributed by atoms with van der Waals surface area (Å²) < 4.78 is 0. The lowest BCUT2D eigenvalue weighted by atomic mass is 10.1. The van der Waals surface area contributed by atoms with Gasteiger partial charge >= 0.3 is 0 Å². The number of pyridine rings is 1. The van der Waals surface area contributed by atoms with Gasteiger partial charge < -0.3 is 0 Å². The van der Waals surface area contributed by atoms with E-state index in [0.29, 0.717) is 5.69 Å². The highest BCUT2D eigenvalue weighted by Gasteiger charge is 2.10. The van der Waals surface area contributed by atoms with Crippen LogP contribution in [0.2, 0.25) is 5.02 Å². The van der Waals surface area contributed by atoms with Gasteiger partial charge in [-0.1, -0.05) is 41.9 Å². The van der Waals surface area contributed by atoms with Crippen LogP contribution in [0.3, 0.4) is 0 Å². The third-order valence-corrected chi connectivity index (χ3v) is 2.64. The van der Waals surface area contributed by atoms with Gasteiger partial charge in [0.15, 0.2) is 0 Å². The number of hydrogen-bond acceptors (Lipinski definition) is 2. The van der Waals surface area contributed by atoms with Gasteiger partial charge in [0.25, 0.3) is 5.24 Å². The van der Waals surface area contributed by atoms with Crippen molar-refractivity contribution in [2.24, 2.45) is 0 Å². The Kier molecular flexibility index (Phi) is 3.22. The Bertz CT molecular complexity index is 526. The van der Waals surface area contributed by atoms with Gasteiger partial charge in [-0.25, -0.2) is 0 Å². The van der Waals surface area contributed by atoms with E-state index in [4.69, 9.17) is 23.2 Å². The normalized spacial score (nSPS) is 10.1. The van der Waals surface area contributed by atoms with Crippen molar-refractivity contribution in [1.82, 2.24) is 4.98 Å². The second-order valence-corrected chi connectivity index (χ2v) is 3.94. The van der Waals surface area contributed by atoms with Crippen LogP contribution < -0.4 is 0 Å². The van der Waals surface area contributed by atoms with Gasteiger partial charge in [-0.2, -0.15) is 0 Å². The number of aromatic nitrogens is 1. The van der Waals surface area contributed by atoms with E-state index in [-0.39, 0.29) is 10.6 Å². The molecule has 2 rings (SSSR count). The molecule has 2 aromatic rings. The van der Waals surface area contributed by atoms with Crippen molar-refractivity contribution in [3.05, 3.63) is 53.2 Å². The molecule has 2 nitrogen and oxygen atoms in total. The van der Waals surface area contributed by atoms with Crippen molar-refractivity contribution in [2.45, 2.75) is 0 Å². The third-order valence-electron chi connectivity index (χ3n) is 2.14. The first-order valence-electron chi connectivity index (χ1n) is 4.59. The summed E-state index contributed by atoms with van der Waals surface area (Å²) in [5.74, 6) is 0. The van der Waals surface area contributed by atoms with E-state index < -0.39 is 5.24 Å². The molecule has 1 heterocycles. The van der Waals surface area contributed by atoms with Crippen LogP contribution in [0.1, 0.15) is 10.4 Å². The third kappa shape index (κ3) is 2.23. The molecule has 80 valence electrons. The Morgan fingerprint density at radius 1 is 1.19 bits per heavy atom. The molecular weight excluding hydrogens is 245 g/mol. The molecule has 1 aromatic carbocycles. The monoisotopic (exact) mass is 251 g/mol. The molecule has 0 aliphatic carbocycles. The summed E-state index contributed by atoms with van der Waals surface area (Å²) in [5, 5.41) is -0.315. The number of nitrogens with zero attached hydrogens (tertiary/aromatic N) is 1. The lowest BCUT2D eigenvalue weighted by molar-refractivity contribution is 0.108. The predicted octanol–water partition coefficient (Wildman–Crippen LogP) is 3.78. The predicted molar refractivity (Wildman–Crippen MR) is 64.9 cm³/mol. The lowest BCUT2D eigenvalue weighted by Crippen LogP contribution is -1.93. The Hall–Kier alpha value is -1.38. The minimum absolute atomic E-state index is 0.264. The van der Waals surface area contributed by atoms with Crippen LogP contribution in [0, 0.1) is 0 Å². The van der Waals surface area contributed by atoms with Gasteiger partial charge in [0, 0.05) is 11.8 Å². The van der Waals surface area contributed by atoms with Crippen LogP contribution in [0.25, 0.3) is 11.3 Å². The van der Waals surface area contributed by atoms with Crippen molar-refractivity contribution in [3.8, 4) is 11.3 Å². The molecule has 0 saturated carbocycles. The Labute approximate surface area is 103 Å². The summed E-state index contributed by atoms with van der Waals surface area (Å²) in [5.41, 5.74) is 1.87. The molecule has 0 bridgehead atoms. The van der Waals surface area contributed by atoms with E-state index >= 15 is 0 Å². The van der Waals surface area contributed by atoms with Crippen molar-refractivity contribution < 1.29 is 4.79 Å². The fourth-order valence-electron chi connectivity index (χ4n) is 1.36. The fraction of sp³-hybridized carbons (Fsp3) is 0. The zero-order chi connectivity index (χ0) is 11.5. The number of carbonyl (C=O) groups excluding carboxylic acids is 1. The van der Waals surface area contributed by atoms with E-state index in [1.807, 2.05) is 30.3 Å². The number of rotatable bonds is 2. The average molecular weight is 252 g/mol. The molecule has 0 aliphatic heterocycles. The molecule has 4 heteroatoms. The summed E-state index contributed by atoms with van der Waals surface area (Å²) in [6, 6.07) is 11.1. The molecule has 0 N–H and O–H groups in total. The van der Waals surface area contributed by atoms with Gasteiger partial charge in [-0.3, -0.25) is 9.78 Å².